The van der Waals surface area contributed by atoms with Crippen molar-refractivity contribution < 1.29 is 12.8 Å². The first-order valence-corrected chi connectivity index (χ1v) is 11.3. The molecule has 3 N–H and O–H groups in total. The number of sulfonamides is 1. The monoisotopic (exact) mass is 418 g/mol. The molecule has 1 saturated heterocycles. The topological polar surface area (TPSA) is 101 Å². The van der Waals surface area contributed by atoms with E-state index in [4.69, 9.17) is 14.5 Å². The number of hydrogen-bond acceptors (Lipinski definition) is 4. The SMILES string of the molecule is CC1(C)CN(C(=NCc2ccc(S(N)(=O)=O)cc2)NCCc2ccco2)C1(C)C. The quantitative estimate of drug-likeness (QED) is 0.555. The summed E-state index contributed by atoms with van der Waals surface area (Å²) in [5.41, 5.74) is 1.08. The van der Waals surface area contributed by atoms with Crippen LogP contribution in [0.1, 0.15) is 39.0 Å². The van der Waals surface area contributed by atoms with Gasteiger partial charge in [0, 0.05) is 30.5 Å². The second-order valence-electron chi connectivity index (χ2n) is 8.61. The van der Waals surface area contributed by atoms with Crippen molar-refractivity contribution >= 4 is 16.0 Å². The summed E-state index contributed by atoms with van der Waals surface area (Å²) in [4.78, 5) is 7.20. The first-order valence-electron chi connectivity index (χ1n) is 9.71. The van der Waals surface area contributed by atoms with Gasteiger partial charge in [-0.3, -0.25) is 0 Å². The normalized spacial score (nSPS) is 18.4. The first-order chi connectivity index (χ1) is 13.5. The fraction of sp³-hybridized carbons (Fsp3) is 0.476. The molecule has 0 atom stereocenters. The molecule has 2 aromatic rings. The van der Waals surface area contributed by atoms with Crippen molar-refractivity contribution in [2.75, 3.05) is 13.1 Å². The second-order valence-corrected chi connectivity index (χ2v) is 10.2. The number of likely N-dealkylation sites (tertiary alicyclic amines) is 1. The Bertz CT molecular complexity index is 962. The molecular weight excluding hydrogens is 388 g/mol. The molecule has 3 rings (SSSR count). The van der Waals surface area contributed by atoms with E-state index in [0.29, 0.717) is 13.1 Å². The highest BCUT2D eigenvalue weighted by molar-refractivity contribution is 7.89. The fourth-order valence-electron chi connectivity index (χ4n) is 3.34. The fourth-order valence-corrected chi connectivity index (χ4v) is 3.86. The third-order valence-corrected chi connectivity index (χ3v) is 6.97. The van der Waals surface area contributed by atoms with E-state index in [1.807, 2.05) is 12.1 Å². The van der Waals surface area contributed by atoms with Gasteiger partial charge in [0.2, 0.25) is 10.0 Å². The van der Waals surface area contributed by atoms with Gasteiger partial charge in [0.1, 0.15) is 5.76 Å². The minimum Gasteiger partial charge on any atom is -0.469 e. The van der Waals surface area contributed by atoms with E-state index < -0.39 is 10.0 Å². The van der Waals surface area contributed by atoms with Crippen molar-refractivity contribution in [3.05, 3.63) is 54.0 Å². The maximum Gasteiger partial charge on any atom is 0.238 e. The van der Waals surface area contributed by atoms with E-state index in [0.717, 1.165) is 30.2 Å². The largest absolute Gasteiger partial charge is 0.469 e. The Morgan fingerprint density at radius 1 is 1.21 bits per heavy atom. The number of furan rings is 1. The third kappa shape index (κ3) is 4.64. The molecule has 1 aliphatic rings. The van der Waals surface area contributed by atoms with Gasteiger partial charge in [-0.2, -0.15) is 0 Å². The van der Waals surface area contributed by atoms with Crippen LogP contribution in [0.3, 0.4) is 0 Å². The number of guanidine groups is 1. The Morgan fingerprint density at radius 3 is 2.41 bits per heavy atom. The van der Waals surface area contributed by atoms with Crippen LogP contribution in [0.5, 0.6) is 0 Å². The number of aliphatic imine (C=N–C) groups is 1. The van der Waals surface area contributed by atoms with Crippen molar-refractivity contribution in [2.45, 2.75) is 51.1 Å². The third-order valence-electron chi connectivity index (χ3n) is 6.04. The highest BCUT2D eigenvalue weighted by Crippen LogP contribution is 2.46. The maximum atomic E-state index is 11.4. The smallest absolute Gasteiger partial charge is 0.238 e. The summed E-state index contributed by atoms with van der Waals surface area (Å²) < 4.78 is 28.2. The number of rotatable bonds is 6. The summed E-state index contributed by atoms with van der Waals surface area (Å²) >= 11 is 0. The van der Waals surface area contributed by atoms with Gasteiger partial charge in [-0.05, 0) is 43.7 Å². The predicted octanol–water partition coefficient (Wildman–Crippen LogP) is 2.74. The zero-order chi connectivity index (χ0) is 21.3. The van der Waals surface area contributed by atoms with E-state index in [1.54, 1.807) is 18.4 Å². The van der Waals surface area contributed by atoms with Gasteiger partial charge in [0.15, 0.2) is 5.96 Å². The lowest BCUT2D eigenvalue weighted by Crippen LogP contribution is -2.72. The van der Waals surface area contributed by atoms with Crippen molar-refractivity contribution in [1.29, 1.82) is 0 Å². The molecular formula is C21H30N4O3S. The van der Waals surface area contributed by atoms with Gasteiger partial charge in [0.05, 0.1) is 17.7 Å². The Balaban J connectivity index is 1.73. The number of primary sulfonamides is 1. The Morgan fingerprint density at radius 2 is 1.90 bits per heavy atom. The summed E-state index contributed by atoms with van der Waals surface area (Å²) in [7, 11) is -3.69. The van der Waals surface area contributed by atoms with Gasteiger partial charge >= 0.3 is 0 Å². The van der Waals surface area contributed by atoms with E-state index in [2.05, 4.69) is 37.9 Å². The van der Waals surface area contributed by atoms with Gasteiger partial charge in [-0.1, -0.05) is 26.0 Å². The number of nitrogens with one attached hydrogen (secondary N) is 1. The van der Waals surface area contributed by atoms with Crippen LogP contribution in [-0.4, -0.2) is 37.9 Å². The molecule has 1 fully saturated rings. The van der Waals surface area contributed by atoms with E-state index in [-0.39, 0.29) is 15.8 Å². The Hall–Kier alpha value is -2.32. The number of nitrogens with zero attached hydrogens (tertiary/aromatic N) is 2. The van der Waals surface area contributed by atoms with Crippen LogP contribution in [0.25, 0.3) is 0 Å². The molecule has 0 radical (unpaired) electrons. The van der Waals surface area contributed by atoms with E-state index in [9.17, 15) is 8.42 Å². The van der Waals surface area contributed by atoms with Crippen LogP contribution >= 0.6 is 0 Å². The second kappa shape index (κ2) is 7.84. The highest BCUT2D eigenvalue weighted by Gasteiger charge is 2.53. The van der Waals surface area contributed by atoms with Crippen LogP contribution in [0.2, 0.25) is 0 Å². The average Bonchev–Trinajstić information content (AvgIpc) is 3.16. The molecule has 7 nitrogen and oxygen atoms in total. The van der Waals surface area contributed by atoms with E-state index in [1.165, 1.54) is 12.1 Å². The lowest BCUT2D eigenvalue weighted by atomic mass is 9.65. The summed E-state index contributed by atoms with van der Waals surface area (Å²) in [5.74, 6) is 1.77. The molecule has 0 bridgehead atoms. The van der Waals surface area contributed by atoms with Crippen molar-refractivity contribution in [2.24, 2.45) is 15.5 Å². The molecule has 1 aromatic heterocycles. The maximum absolute atomic E-state index is 11.4. The van der Waals surface area contributed by atoms with Crippen LogP contribution in [0, 0.1) is 5.41 Å². The molecule has 1 aliphatic heterocycles. The molecule has 0 amide bonds. The molecule has 8 heteroatoms. The van der Waals surface area contributed by atoms with Crippen molar-refractivity contribution in [1.82, 2.24) is 10.2 Å². The van der Waals surface area contributed by atoms with Gasteiger partial charge < -0.3 is 14.6 Å². The average molecular weight is 419 g/mol. The molecule has 29 heavy (non-hydrogen) atoms. The first kappa shape index (κ1) is 21.4. The van der Waals surface area contributed by atoms with Crippen molar-refractivity contribution in [3.63, 3.8) is 0 Å². The van der Waals surface area contributed by atoms with Crippen LogP contribution < -0.4 is 10.5 Å². The van der Waals surface area contributed by atoms with Gasteiger partial charge in [0.25, 0.3) is 0 Å². The van der Waals surface area contributed by atoms with Crippen LogP contribution in [0.15, 0.2) is 57.0 Å². The van der Waals surface area contributed by atoms with Crippen molar-refractivity contribution in [3.8, 4) is 0 Å². The number of hydrogen-bond donors (Lipinski definition) is 2. The molecule has 0 spiro atoms. The van der Waals surface area contributed by atoms with Crippen LogP contribution in [-0.2, 0) is 23.0 Å². The number of nitrogens with two attached hydrogens (primary N) is 1. The Kier molecular flexibility index (Phi) is 5.78. The van der Waals surface area contributed by atoms with Crippen LogP contribution in [0.4, 0.5) is 0 Å². The lowest BCUT2D eigenvalue weighted by molar-refractivity contribution is -0.0668. The highest BCUT2D eigenvalue weighted by atomic mass is 32.2. The summed E-state index contributed by atoms with van der Waals surface area (Å²) in [5, 5.41) is 8.62. The summed E-state index contributed by atoms with van der Waals surface area (Å²) in [6, 6.07) is 10.4. The van der Waals surface area contributed by atoms with Gasteiger partial charge in [-0.15, -0.1) is 0 Å². The standard InChI is InChI=1S/C21H30N4O3S/c1-20(2)15-25(21(20,3)4)19(23-12-11-17-6-5-13-28-17)24-14-16-7-9-18(10-8-16)29(22,26)27/h5-10,13H,11-12,14-15H2,1-4H3,(H,23,24)(H2,22,26,27). The minimum absolute atomic E-state index is 0.0268. The predicted molar refractivity (Wildman–Crippen MR) is 114 cm³/mol. The minimum atomic E-state index is -3.69. The molecule has 0 unspecified atom stereocenters. The summed E-state index contributed by atoms with van der Waals surface area (Å²) in [6.07, 6.45) is 2.45. The lowest BCUT2D eigenvalue weighted by Gasteiger charge is -2.62. The number of benzene rings is 1. The van der Waals surface area contributed by atoms with Gasteiger partial charge in [-0.25, -0.2) is 18.5 Å². The molecule has 1 aromatic carbocycles. The molecule has 2 heterocycles. The zero-order valence-corrected chi connectivity index (χ0v) is 18.3. The zero-order valence-electron chi connectivity index (χ0n) is 17.5. The molecule has 0 aliphatic carbocycles. The van der Waals surface area contributed by atoms with E-state index >= 15 is 0 Å². The molecule has 0 saturated carbocycles. The Labute approximate surface area is 173 Å². The molecule has 158 valence electrons. The summed E-state index contributed by atoms with van der Waals surface area (Å²) in [6.45, 7) is 11.0.